The summed E-state index contributed by atoms with van der Waals surface area (Å²) in [5.41, 5.74) is 0.296. The number of rotatable bonds is 3. The molecule has 1 aromatic carbocycles. The fraction of sp³-hybridized carbons (Fsp3) is 0.182. The Balaban J connectivity index is 2.00. The Labute approximate surface area is 101 Å². The number of nitrogens with zero attached hydrogens (tertiary/aromatic N) is 2. The van der Waals surface area contributed by atoms with Gasteiger partial charge in [0.15, 0.2) is 0 Å². The first-order chi connectivity index (χ1) is 8.56. The lowest BCUT2D eigenvalue weighted by Crippen LogP contribution is -2.24. The lowest BCUT2D eigenvalue weighted by molar-refractivity contribution is 0.0940. The van der Waals surface area contributed by atoms with Gasteiger partial charge >= 0.3 is 5.69 Å². The minimum atomic E-state index is -0.489. The van der Waals surface area contributed by atoms with E-state index in [0.29, 0.717) is 0 Å². The van der Waals surface area contributed by atoms with Gasteiger partial charge < -0.3 is 5.32 Å². The molecule has 0 fully saturated rings. The summed E-state index contributed by atoms with van der Waals surface area (Å²) in [6.07, 6.45) is 0. The fourth-order valence-corrected chi connectivity index (χ4v) is 1.37. The third-order valence-corrected chi connectivity index (χ3v) is 2.35. The Hall–Kier alpha value is -2.44. The van der Waals surface area contributed by atoms with E-state index in [-0.39, 0.29) is 18.2 Å². The summed E-state index contributed by atoms with van der Waals surface area (Å²) < 4.78 is 13.7. The van der Waals surface area contributed by atoms with Gasteiger partial charge in [-0.15, -0.1) is 5.10 Å². The van der Waals surface area contributed by atoms with E-state index in [0.717, 1.165) is 10.2 Å². The Morgan fingerprint density at radius 2 is 2.11 bits per heavy atom. The molecule has 6 nitrogen and oxygen atoms in total. The maximum atomic E-state index is 12.7. The number of aryl methyl sites for hydroxylation is 1. The van der Waals surface area contributed by atoms with Crippen LogP contribution in [-0.4, -0.2) is 20.7 Å². The van der Waals surface area contributed by atoms with Crippen molar-refractivity contribution < 1.29 is 9.18 Å². The van der Waals surface area contributed by atoms with E-state index in [1.165, 1.54) is 19.2 Å². The second kappa shape index (κ2) is 4.82. The molecule has 0 atom stereocenters. The van der Waals surface area contributed by atoms with Crippen LogP contribution >= 0.6 is 0 Å². The number of carbonyl (C=O) groups excluding carboxylic acids is 1. The quantitative estimate of drug-likeness (QED) is 0.815. The topological polar surface area (TPSA) is 79.8 Å². The zero-order valence-corrected chi connectivity index (χ0v) is 9.61. The molecule has 0 saturated heterocycles. The third kappa shape index (κ3) is 2.62. The van der Waals surface area contributed by atoms with Crippen LogP contribution in [0.15, 0.2) is 29.1 Å². The largest absolute Gasteiger partial charge is 0.345 e. The summed E-state index contributed by atoms with van der Waals surface area (Å²) in [6, 6.07) is 5.75. The first-order valence-electron chi connectivity index (χ1n) is 5.22. The standard InChI is InChI=1S/C11H11FN4O2/c1-16-11(18)14-9(15-16)10(17)13-6-7-2-4-8(12)5-3-7/h2-5H,6H2,1H3,(H,13,17)(H,14,15,18). The van der Waals surface area contributed by atoms with E-state index in [9.17, 15) is 14.0 Å². The SMILES string of the molecule is Cn1nc(C(=O)NCc2ccc(F)cc2)[nH]c1=O. The zero-order valence-electron chi connectivity index (χ0n) is 9.61. The number of benzene rings is 1. The van der Waals surface area contributed by atoms with Gasteiger partial charge in [-0.2, -0.15) is 0 Å². The third-order valence-electron chi connectivity index (χ3n) is 2.35. The number of amides is 1. The molecule has 0 spiro atoms. The van der Waals surface area contributed by atoms with Crippen LogP contribution in [0, 0.1) is 5.82 Å². The molecule has 1 aromatic heterocycles. The average Bonchev–Trinajstić information content (AvgIpc) is 2.69. The minimum Gasteiger partial charge on any atom is -0.345 e. The van der Waals surface area contributed by atoms with Gasteiger partial charge in [0.25, 0.3) is 5.91 Å². The normalized spacial score (nSPS) is 10.3. The number of nitrogens with one attached hydrogen (secondary N) is 2. The smallest absolute Gasteiger partial charge is 0.343 e. The van der Waals surface area contributed by atoms with Crippen LogP contribution < -0.4 is 11.0 Å². The highest BCUT2D eigenvalue weighted by Gasteiger charge is 2.10. The molecule has 0 aliphatic rings. The van der Waals surface area contributed by atoms with Crippen molar-refractivity contribution in [2.75, 3.05) is 0 Å². The van der Waals surface area contributed by atoms with E-state index < -0.39 is 11.6 Å². The number of aromatic nitrogens is 3. The van der Waals surface area contributed by atoms with Gasteiger partial charge in [0.1, 0.15) is 5.82 Å². The number of hydrogen-bond donors (Lipinski definition) is 2. The highest BCUT2D eigenvalue weighted by molar-refractivity contribution is 5.90. The summed E-state index contributed by atoms with van der Waals surface area (Å²) in [6.45, 7) is 0.234. The van der Waals surface area contributed by atoms with Crippen LogP contribution in [0.2, 0.25) is 0 Å². The van der Waals surface area contributed by atoms with E-state index in [1.54, 1.807) is 12.1 Å². The van der Waals surface area contributed by atoms with Crippen molar-refractivity contribution in [1.29, 1.82) is 0 Å². The maximum Gasteiger partial charge on any atom is 0.343 e. The predicted octanol–water partition coefficient (Wildman–Crippen LogP) is 0.177. The first-order valence-corrected chi connectivity index (χ1v) is 5.22. The average molecular weight is 250 g/mol. The molecule has 2 rings (SSSR count). The van der Waals surface area contributed by atoms with Crippen molar-refractivity contribution in [2.45, 2.75) is 6.54 Å². The molecular formula is C11H11FN4O2. The molecule has 0 radical (unpaired) electrons. The van der Waals surface area contributed by atoms with Gasteiger partial charge in [-0.3, -0.25) is 9.78 Å². The second-order valence-corrected chi connectivity index (χ2v) is 3.71. The van der Waals surface area contributed by atoms with Gasteiger partial charge in [-0.25, -0.2) is 13.9 Å². The molecule has 0 unspecified atom stereocenters. The summed E-state index contributed by atoms with van der Waals surface area (Å²) >= 11 is 0. The molecule has 1 amide bonds. The summed E-state index contributed by atoms with van der Waals surface area (Å²) in [7, 11) is 1.44. The van der Waals surface area contributed by atoms with Crippen LogP contribution in [0.25, 0.3) is 0 Å². The molecular weight excluding hydrogens is 239 g/mol. The van der Waals surface area contributed by atoms with Crippen LogP contribution in [0.4, 0.5) is 4.39 Å². The van der Waals surface area contributed by atoms with Crippen LogP contribution in [0.1, 0.15) is 16.2 Å². The molecule has 0 bridgehead atoms. The Morgan fingerprint density at radius 3 is 2.67 bits per heavy atom. The van der Waals surface area contributed by atoms with E-state index in [4.69, 9.17) is 0 Å². The summed E-state index contributed by atoms with van der Waals surface area (Å²) in [5, 5.41) is 6.28. The number of hydrogen-bond acceptors (Lipinski definition) is 3. The molecule has 7 heteroatoms. The van der Waals surface area contributed by atoms with Gasteiger partial charge in [0.05, 0.1) is 0 Å². The predicted molar refractivity (Wildman–Crippen MR) is 61.4 cm³/mol. The van der Waals surface area contributed by atoms with E-state index >= 15 is 0 Å². The Morgan fingerprint density at radius 1 is 1.44 bits per heavy atom. The Bertz CT molecular complexity index is 615. The van der Waals surface area contributed by atoms with Crippen molar-refractivity contribution in [3.63, 3.8) is 0 Å². The molecule has 18 heavy (non-hydrogen) atoms. The molecule has 0 saturated carbocycles. The highest BCUT2D eigenvalue weighted by atomic mass is 19.1. The number of halogens is 1. The van der Waals surface area contributed by atoms with Crippen molar-refractivity contribution in [1.82, 2.24) is 20.1 Å². The van der Waals surface area contributed by atoms with Crippen LogP contribution in [0.5, 0.6) is 0 Å². The highest BCUT2D eigenvalue weighted by Crippen LogP contribution is 2.02. The van der Waals surface area contributed by atoms with E-state index in [1.807, 2.05) is 0 Å². The van der Waals surface area contributed by atoms with E-state index in [2.05, 4.69) is 15.4 Å². The van der Waals surface area contributed by atoms with Gasteiger partial charge in [-0.05, 0) is 17.7 Å². The van der Waals surface area contributed by atoms with Crippen molar-refractivity contribution >= 4 is 5.91 Å². The molecule has 0 aliphatic heterocycles. The fourth-order valence-electron chi connectivity index (χ4n) is 1.37. The number of aromatic amines is 1. The Kier molecular flexibility index (Phi) is 3.22. The lowest BCUT2D eigenvalue weighted by Gasteiger charge is -2.02. The van der Waals surface area contributed by atoms with Crippen molar-refractivity contribution in [2.24, 2.45) is 7.05 Å². The molecule has 2 N–H and O–H groups in total. The number of carbonyl (C=O) groups is 1. The zero-order chi connectivity index (χ0) is 13.1. The monoisotopic (exact) mass is 250 g/mol. The minimum absolute atomic E-state index is 0.0513. The van der Waals surface area contributed by atoms with Crippen LogP contribution in [0.3, 0.4) is 0 Å². The molecule has 0 aliphatic carbocycles. The summed E-state index contributed by atoms with van der Waals surface area (Å²) in [4.78, 5) is 25.0. The van der Waals surface area contributed by atoms with Gasteiger partial charge in [-0.1, -0.05) is 12.1 Å². The maximum absolute atomic E-state index is 12.7. The molecule has 1 heterocycles. The first kappa shape index (κ1) is 12.0. The summed E-state index contributed by atoms with van der Waals surface area (Å²) in [5.74, 6) is -0.874. The van der Waals surface area contributed by atoms with Gasteiger partial charge in [0, 0.05) is 13.6 Å². The van der Waals surface area contributed by atoms with Crippen LogP contribution in [-0.2, 0) is 13.6 Å². The number of H-pyrrole nitrogens is 1. The molecule has 94 valence electrons. The van der Waals surface area contributed by atoms with Gasteiger partial charge in [0.2, 0.25) is 5.82 Å². The molecule has 2 aromatic rings. The van der Waals surface area contributed by atoms with Crippen molar-refractivity contribution in [3.8, 4) is 0 Å². The second-order valence-electron chi connectivity index (χ2n) is 3.71. The lowest BCUT2D eigenvalue weighted by atomic mass is 10.2. The van der Waals surface area contributed by atoms with Crippen molar-refractivity contribution in [3.05, 3.63) is 52.0 Å².